The predicted octanol–water partition coefficient (Wildman–Crippen LogP) is 8.64. The van der Waals surface area contributed by atoms with Crippen LogP contribution in [0, 0.1) is 18.3 Å². The van der Waals surface area contributed by atoms with E-state index in [1.807, 2.05) is 42.5 Å². The molecule has 0 heterocycles. The summed E-state index contributed by atoms with van der Waals surface area (Å²) in [7, 11) is 0. The molecule has 1 atom stereocenters. The Morgan fingerprint density at radius 3 is 2.37 bits per heavy atom. The van der Waals surface area contributed by atoms with Crippen LogP contribution in [-0.4, -0.2) is 11.9 Å². The van der Waals surface area contributed by atoms with Gasteiger partial charge in [-0.15, -0.1) is 0 Å². The minimum atomic E-state index is 0.0704. The first-order valence-corrected chi connectivity index (χ1v) is 12.5. The van der Waals surface area contributed by atoms with Crippen molar-refractivity contribution in [2.75, 3.05) is 0 Å². The quantitative estimate of drug-likeness (QED) is 0.222. The number of allylic oxidation sites excluding steroid dienone is 1. The van der Waals surface area contributed by atoms with E-state index < -0.39 is 0 Å². The molecule has 0 spiro atoms. The smallest absolute Gasteiger partial charge is 0.159 e. The lowest BCUT2D eigenvalue weighted by Crippen LogP contribution is -2.15. The highest BCUT2D eigenvalue weighted by Gasteiger charge is 2.14. The van der Waals surface area contributed by atoms with E-state index in [2.05, 4.69) is 58.0 Å². The Morgan fingerprint density at radius 2 is 1.74 bits per heavy atom. The third kappa shape index (κ3) is 6.49. The van der Waals surface area contributed by atoms with Crippen molar-refractivity contribution in [1.29, 1.82) is 5.26 Å². The van der Waals surface area contributed by atoms with Crippen LogP contribution in [0.4, 0.5) is 0 Å². The van der Waals surface area contributed by atoms with Crippen molar-refractivity contribution in [3.8, 4) is 22.9 Å². The Morgan fingerprint density at radius 1 is 1.03 bits per heavy atom. The van der Waals surface area contributed by atoms with E-state index in [1.165, 1.54) is 0 Å². The fourth-order valence-electron chi connectivity index (χ4n) is 4.25. The first kappa shape index (κ1) is 26.0. The van der Waals surface area contributed by atoms with Crippen molar-refractivity contribution in [3.63, 3.8) is 0 Å². The summed E-state index contributed by atoms with van der Waals surface area (Å²) in [6, 6.07) is 22.2. The maximum Gasteiger partial charge on any atom is 0.159 e. The molecule has 0 amide bonds. The van der Waals surface area contributed by atoms with Crippen molar-refractivity contribution >= 4 is 17.4 Å². The monoisotopic (exact) mass is 465 g/mol. The molecule has 3 aromatic carbocycles. The third-order valence-electron chi connectivity index (χ3n) is 6.53. The third-order valence-corrected chi connectivity index (χ3v) is 6.53. The Hall–Kier alpha value is -3.64. The number of carbonyl (C=O) groups is 1. The highest BCUT2D eigenvalue weighted by Crippen LogP contribution is 2.32. The number of hydrogen-bond acceptors (Lipinski definition) is 3. The molecule has 0 aliphatic heterocycles. The first-order chi connectivity index (χ1) is 16.9. The molecule has 0 radical (unpaired) electrons. The Kier molecular flexibility index (Phi) is 9.04. The molecule has 3 heteroatoms. The van der Waals surface area contributed by atoms with Gasteiger partial charge < -0.3 is 4.74 Å². The van der Waals surface area contributed by atoms with Crippen molar-refractivity contribution in [3.05, 3.63) is 88.5 Å². The van der Waals surface area contributed by atoms with Gasteiger partial charge in [0.25, 0.3) is 0 Å². The number of benzene rings is 3. The zero-order valence-electron chi connectivity index (χ0n) is 21.5. The highest BCUT2D eigenvalue weighted by atomic mass is 16.5. The first-order valence-electron chi connectivity index (χ1n) is 12.5. The minimum absolute atomic E-state index is 0.0704. The molecule has 0 N–H and O–H groups in total. The largest absolute Gasteiger partial charge is 0.489 e. The summed E-state index contributed by atoms with van der Waals surface area (Å²) < 4.78 is 6.20. The van der Waals surface area contributed by atoms with Crippen LogP contribution in [0.15, 0.2) is 60.7 Å². The van der Waals surface area contributed by atoms with Gasteiger partial charge in [0, 0.05) is 5.56 Å². The van der Waals surface area contributed by atoms with E-state index in [4.69, 9.17) is 4.74 Å². The Labute approximate surface area is 210 Å². The lowest BCUT2D eigenvalue weighted by Gasteiger charge is -2.19. The molecule has 0 aliphatic rings. The van der Waals surface area contributed by atoms with Crippen LogP contribution < -0.4 is 4.74 Å². The number of nitriles is 1. The van der Waals surface area contributed by atoms with Gasteiger partial charge in [-0.3, -0.25) is 4.79 Å². The normalized spacial score (nSPS) is 12.2. The fourth-order valence-corrected chi connectivity index (χ4v) is 4.25. The summed E-state index contributed by atoms with van der Waals surface area (Å²) in [6.45, 7) is 10.1. The van der Waals surface area contributed by atoms with Crippen LogP contribution in [0.3, 0.4) is 0 Å². The van der Waals surface area contributed by atoms with Crippen LogP contribution >= 0.6 is 0 Å². The van der Waals surface area contributed by atoms with Crippen molar-refractivity contribution in [2.24, 2.45) is 0 Å². The van der Waals surface area contributed by atoms with Crippen LogP contribution in [-0.2, 0) is 0 Å². The maximum absolute atomic E-state index is 11.6. The van der Waals surface area contributed by atoms with Gasteiger partial charge in [0.1, 0.15) is 11.8 Å². The summed E-state index contributed by atoms with van der Waals surface area (Å²) in [6.07, 6.45) is 6.50. The summed E-state index contributed by atoms with van der Waals surface area (Å²) in [5, 5.41) is 9.81. The molecule has 0 saturated heterocycles. The highest BCUT2D eigenvalue weighted by molar-refractivity contribution is 5.94. The molecule has 1 unspecified atom stereocenters. The zero-order chi connectivity index (χ0) is 25.4. The van der Waals surface area contributed by atoms with Crippen LogP contribution in [0.5, 0.6) is 5.75 Å². The van der Waals surface area contributed by atoms with Gasteiger partial charge in [0.15, 0.2) is 5.78 Å². The molecule has 0 aromatic heterocycles. The SMILES string of the molecule is CCCCC(CC)Oc1ccc(-c2cccc(/C=C(\C)c3ccc(C(C)=O)cc3)c2C)cc1C#N. The molecule has 35 heavy (non-hydrogen) atoms. The molecule has 3 rings (SSSR count). The second-order valence-corrected chi connectivity index (χ2v) is 9.09. The number of ether oxygens (including phenoxy) is 1. The zero-order valence-corrected chi connectivity index (χ0v) is 21.5. The number of rotatable bonds is 10. The topological polar surface area (TPSA) is 50.1 Å². The molecule has 3 nitrogen and oxygen atoms in total. The number of unbranched alkanes of at least 4 members (excludes halogenated alkanes) is 1. The van der Waals surface area contributed by atoms with Crippen molar-refractivity contribution < 1.29 is 9.53 Å². The van der Waals surface area contributed by atoms with Crippen LogP contribution in [0.1, 0.15) is 86.0 Å². The standard InChI is InChI=1S/C32H35NO2/c1-6-8-11-30(7-2)35-32-18-17-28(20-29(32)21-33)31-12-9-10-27(23(31)4)19-22(3)25-13-15-26(16-14-25)24(5)34/h9-10,12-20,30H,6-8,11H2,1-5H3/b22-19+. The molecular formula is C32H35NO2. The van der Waals surface area contributed by atoms with E-state index in [9.17, 15) is 10.1 Å². The van der Waals surface area contributed by atoms with Gasteiger partial charge in [-0.2, -0.15) is 5.26 Å². The van der Waals surface area contributed by atoms with E-state index >= 15 is 0 Å². The molecule has 180 valence electrons. The summed E-state index contributed by atoms with van der Waals surface area (Å²) in [5.41, 5.74) is 7.88. The lowest BCUT2D eigenvalue weighted by molar-refractivity contribution is 0.101. The Bertz CT molecular complexity index is 1250. The van der Waals surface area contributed by atoms with Gasteiger partial charge in [-0.25, -0.2) is 0 Å². The van der Waals surface area contributed by atoms with Gasteiger partial charge in [-0.05, 0) is 79.1 Å². The molecular weight excluding hydrogens is 430 g/mol. The fraction of sp³-hybridized carbons (Fsp3) is 0.312. The lowest BCUT2D eigenvalue weighted by atomic mass is 9.93. The van der Waals surface area contributed by atoms with Crippen molar-refractivity contribution in [1.82, 2.24) is 0 Å². The average Bonchev–Trinajstić information content (AvgIpc) is 2.87. The van der Waals surface area contributed by atoms with E-state index in [0.29, 0.717) is 11.3 Å². The molecule has 0 fully saturated rings. The van der Waals surface area contributed by atoms with Gasteiger partial charge in [0.2, 0.25) is 0 Å². The molecule has 0 saturated carbocycles. The molecule has 0 aliphatic carbocycles. The molecule has 3 aromatic rings. The summed E-state index contributed by atoms with van der Waals surface area (Å²) in [4.78, 5) is 11.6. The van der Waals surface area contributed by atoms with E-state index in [-0.39, 0.29) is 11.9 Å². The van der Waals surface area contributed by atoms with Gasteiger partial charge >= 0.3 is 0 Å². The minimum Gasteiger partial charge on any atom is -0.489 e. The van der Waals surface area contributed by atoms with Gasteiger partial charge in [-0.1, -0.05) is 81.3 Å². The number of ketones is 1. The number of carbonyl (C=O) groups excluding carboxylic acids is 1. The summed E-state index contributed by atoms with van der Waals surface area (Å²) >= 11 is 0. The summed E-state index contributed by atoms with van der Waals surface area (Å²) in [5.74, 6) is 0.735. The van der Waals surface area contributed by atoms with Crippen LogP contribution in [0.2, 0.25) is 0 Å². The number of Topliss-reactive ketones (excluding diaryl/α,β-unsaturated/α-hetero) is 1. The average molecular weight is 466 g/mol. The second-order valence-electron chi connectivity index (χ2n) is 9.09. The maximum atomic E-state index is 11.6. The van der Waals surface area contributed by atoms with Crippen LogP contribution in [0.25, 0.3) is 22.8 Å². The Balaban J connectivity index is 1.90. The predicted molar refractivity (Wildman–Crippen MR) is 146 cm³/mol. The number of nitrogens with zero attached hydrogens (tertiary/aromatic N) is 1. The second kappa shape index (κ2) is 12.2. The van der Waals surface area contributed by atoms with E-state index in [1.54, 1.807) is 6.92 Å². The molecule has 0 bridgehead atoms. The number of hydrogen-bond donors (Lipinski definition) is 0. The van der Waals surface area contributed by atoms with Gasteiger partial charge in [0.05, 0.1) is 11.7 Å². The van der Waals surface area contributed by atoms with Crippen molar-refractivity contribution in [2.45, 2.75) is 66.4 Å². The van der Waals surface area contributed by atoms with E-state index in [0.717, 1.165) is 64.6 Å².